The summed E-state index contributed by atoms with van der Waals surface area (Å²) < 4.78 is 19.4. The van der Waals surface area contributed by atoms with E-state index >= 15 is 0 Å². The zero-order chi connectivity index (χ0) is 15.5. The lowest BCUT2D eigenvalue weighted by molar-refractivity contribution is -0.0620. The monoisotopic (exact) mass is 294 g/mol. The van der Waals surface area contributed by atoms with Crippen LogP contribution in [0.15, 0.2) is 0 Å². The molecule has 1 saturated heterocycles. The average molecular weight is 294 g/mol. The van der Waals surface area contributed by atoms with Crippen LogP contribution in [-0.4, -0.2) is 67.2 Å². The second kappa shape index (κ2) is 10.8. The van der Waals surface area contributed by atoms with E-state index in [4.69, 9.17) is 19.7 Å². The number of aliphatic hydroxyl groups excluding tert-OH is 2. The highest BCUT2D eigenvalue weighted by molar-refractivity contribution is 5.61. The molecule has 4 unspecified atom stereocenters. The van der Waals surface area contributed by atoms with Crippen molar-refractivity contribution in [3.8, 4) is 0 Å². The van der Waals surface area contributed by atoms with E-state index in [2.05, 4.69) is 9.47 Å². The summed E-state index contributed by atoms with van der Waals surface area (Å²) in [6.07, 6.45) is -1.25. The van der Waals surface area contributed by atoms with Gasteiger partial charge in [-0.2, -0.15) is 0 Å². The molecule has 1 aliphatic heterocycles. The second-order valence-electron chi connectivity index (χ2n) is 4.81. The second-order valence-corrected chi connectivity index (χ2v) is 4.81. The molecule has 0 aliphatic carbocycles. The van der Waals surface area contributed by atoms with Gasteiger partial charge in [0, 0.05) is 0 Å². The Morgan fingerprint density at radius 1 is 1.25 bits per heavy atom. The van der Waals surface area contributed by atoms with Gasteiger partial charge in [-0.1, -0.05) is 0 Å². The van der Waals surface area contributed by atoms with Crippen molar-refractivity contribution in [2.24, 2.45) is 0 Å². The predicted octanol–water partition coefficient (Wildman–Crippen LogP) is 0.711. The summed E-state index contributed by atoms with van der Waals surface area (Å²) in [4.78, 5) is 10.0. The molecule has 1 heterocycles. The Morgan fingerprint density at radius 2 is 1.85 bits per heavy atom. The topological polar surface area (TPSA) is 94.5 Å². The first-order valence-electron chi connectivity index (χ1n) is 6.70. The zero-order valence-electron chi connectivity index (χ0n) is 12.6. The molecule has 0 saturated carbocycles. The van der Waals surface area contributed by atoms with Crippen LogP contribution in [0.1, 0.15) is 27.7 Å². The first kappa shape index (κ1) is 19.1. The summed E-state index contributed by atoms with van der Waals surface area (Å²) in [5, 5.41) is 17.6. The molecule has 20 heavy (non-hydrogen) atoms. The number of ether oxygens (including phenoxy) is 4. The van der Waals surface area contributed by atoms with Gasteiger partial charge >= 0.3 is 6.16 Å². The predicted molar refractivity (Wildman–Crippen MR) is 71.5 cm³/mol. The third-order valence-electron chi connectivity index (χ3n) is 2.23. The van der Waals surface area contributed by atoms with Crippen LogP contribution in [0.5, 0.6) is 0 Å². The van der Waals surface area contributed by atoms with Crippen LogP contribution in [-0.2, 0) is 18.9 Å². The normalized spacial score (nSPS) is 22.1. The first-order valence-corrected chi connectivity index (χ1v) is 6.70. The van der Waals surface area contributed by atoms with E-state index in [0.29, 0.717) is 19.8 Å². The highest BCUT2D eigenvalue weighted by Gasteiger charge is 2.19. The Hall–Kier alpha value is -0.890. The number of carbonyl (C=O) groups is 1. The maximum atomic E-state index is 10.0. The number of carbonyl (C=O) groups excluding carboxylic acids is 1. The summed E-state index contributed by atoms with van der Waals surface area (Å²) in [6.45, 7) is 8.29. The minimum atomic E-state index is -0.549. The molecule has 7 nitrogen and oxygen atoms in total. The fourth-order valence-electron chi connectivity index (χ4n) is 1.12. The molecular formula is C13H26O7. The molecule has 2 N–H and O–H groups in total. The molecule has 0 radical (unpaired) electrons. The first-order chi connectivity index (χ1) is 9.35. The molecule has 0 bridgehead atoms. The van der Waals surface area contributed by atoms with Crippen LogP contribution in [0.25, 0.3) is 0 Å². The van der Waals surface area contributed by atoms with E-state index in [1.165, 1.54) is 0 Å². The number of aliphatic hydroxyl groups is 2. The number of rotatable bonds is 7. The molecule has 1 fully saturated rings. The van der Waals surface area contributed by atoms with E-state index in [1.807, 2.05) is 6.92 Å². The van der Waals surface area contributed by atoms with Crippen LogP contribution >= 0.6 is 0 Å². The van der Waals surface area contributed by atoms with Crippen molar-refractivity contribution in [3.63, 3.8) is 0 Å². The largest absolute Gasteiger partial charge is 0.508 e. The fraction of sp³-hybridized carbons (Fsp3) is 0.923. The average Bonchev–Trinajstić information content (AvgIpc) is 2.77. The fourth-order valence-corrected chi connectivity index (χ4v) is 1.12. The minimum absolute atomic E-state index is 0.0170. The molecule has 7 heteroatoms. The molecule has 0 aromatic heterocycles. The molecule has 1 aliphatic rings. The van der Waals surface area contributed by atoms with Gasteiger partial charge in [0.15, 0.2) is 0 Å². The maximum absolute atomic E-state index is 10.0. The van der Waals surface area contributed by atoms with Crippen molar-refractivity contribution in [2.45, 2.75) is 52.1 Å². The van der Waals surface area contributed by atoms with Gasteiger partial charge in [-0.3, -0.25) is 0 Å². The van der Waals surface area contributed by atoms with Gasteiger partial charge in [0.1, 0.15) is 12.7 Å². The van der Waals surface area contributed by atoms with Gasteiger partial charge in [0.2, 0.25) is 0 Å². The molecule has 4 atom stereocenters. The highest BCUT2D eigenvalue weighted by Crippen LogP contribution is 2.03. The lowest BCUT2D eigenvalue weighted by Gasteiger charge is -2.16. The van der Waals surface area contributed by atoms with Gasteiger partial charge in [0.25, 0.3) is 0 Å². The van der Waals surface area contributed by atoms with Gasteiger partial charge in [0.05, 0.1) is 38.1 Å². The Balaban J connectivity index is 0.000000428. The lowest BCUT2D eigenvalue weighted by Crippen LogP contribution is -2.24. The van der Waals surface area contributed by atoms with Crippen LogP contribution in [0, 0.1) is 0 Å². The van der Waals surface area contributed by atoms with E-state index in [9.17, 15) is 4.79 Å². The van der Waals surface area contributed by atoms with Gasteiger partial charge in [-0.15, -0.1) is 0 Å². The quantitative estimate of drug-likeness (QED) is 0.668. The van der Waals surface area contributed by atoms with Gasteiger partial charge in [-0.05, 0) is 27.7 Å². The van der Waals surface area contributed by atoms with Crippen molar-refractivity contribution >= 4 is 6.16 Å². The van der Waals surface area contributed by atoms with E-state index in [-0.39, 0.29) is 24.9 Å². The number of cyclic esters (lactones) is 2. The molecule has 120 valence electrons. The summed E-state index contributed by atoms with van der Waals surface area (Å²) in [7, 11) is 0. The Labute approximate surface area is 119 Å². The van der Waals surface area contributed by atoms with E-state index in [1.54, 1.807) is 20.8 Å². The van der Waals surface area contributed by atoms with Crippen molar-refractivity contribution < 1.29 is 34.0 Å². The van der Waals surface area contributed by atoms with Crippen LogP contribution in [0.4, 0.5) is 4.79 Å². The van der Waals surface area contributed by atoms with Crippen LogP contribution in [0.2, 0.25) is 0 Å². The molecule has 0 aromatic carbocycles. The Kier molecular flexibility index (Phi) is 10.4. The van der Waals surface area contributed by atoms with Crippen LogP contribution < -0.4 is 0 Å². The smallest absolute Gasteiger partial charge is 0.430 e. The zero-order valence-corrected chi connectivity index (χ0v) is 12.6. The number of hydrogen-bond acceptors (Lipinski definition) is 7. The Morgan fingerprint density at radius 3 is 2.20 bits per heavy atom. The summed E-state index contributed by atoms with van der Waals surface area (Å²) >= 11 is 0. The Bertz CT molecular complexity index is 257. The van der Waals surface area contributed by atoms with Crippen LogP contribution in [0.3, 0.4) is 0 Å². The standard InChI is InChI=1S/C9H20O4.C4H6O3/c1-7(11)5-12-9(3)6-13-8(2)4-10;1-3-2-6-4(5)7-3/h7-11H,4-6H2,1-3H3;3H,2H2,1H3. The lowest BCUT2D eigenvalue weighted by atomic mass is 10.4. The van der Waals surface area contributed by atoms with Crippen molar-refractivity contribution in [1.29, 1.82) is 0 Å². The molecule has 0 aromatic rings. The summed E-state index contributed by atoms with van der Waals surface area (Å²) in [5.41, 5.74) is 0. The SMILES string of the molecule is CC(O)COC(C)COC(C)CO.CC1COC(=O)O1. The summed E-state index contributed by atoms with van der Waals surface area (Å²) in [6, 6.07) is 0. The minimum Gasteiger partial charge on any atom is -0.430 e. The van der Waals surface area contributed by atoms with Crippen molar-refractivity contribution in [2.75, 3.05) is 26.4 Å². The molecular weight excluding hydrogens is 268 g/mol. The van der Waals surface area contributed by atoms with Gasteiger partial charge < -0.3 is 29.2 Å². The third-order valence-corrected chi connectivity index (χ3v) is 2.23. The van der Waals surface area contributed by atoms with Gasteiger partial charge in [-0.25, -0.2) is 4.79 Å². The maximum Gasteiger partial charge on any atom is 0.508 e. The van der Waals surface area contributed by atoms with E-state index < -0.39 is 12.3 Å². The molecule has 0 spiro atoms. The summed E-state index contributed by atoms with van der Waals surface area (Å²) in [5.74, 6) is 0. The number of hydrogen-bond donors (Lipinski definition) is 2. The van der Waals surface area contributed by atoms with Crippen molar-refractivity contribution in [1.82, 2.24) is 0 Å². The van der Waals surface area contributed by atoms with Crippen molar-refractivity contribution in [3.05, 3.63) is 0 Å². The molecule has 0 amide bonds. The highest BCUT2D eigenvalue weighted by atomic mass is 16.8. The third kappa shape index (κ3) is 11.0. The molecule has 1 rings (SSSR count). The van der Waals surface area contributed by atoms with E-state index in [0.717, 1.165) is 0 Å².